The zero-order valence-corrected chi connectivity index (χ0v) is 19.0. The maximum atomic E-state index is 12.6. The third-order valence-corrected chi connectivity index (χ3v) is 5.77. The van der Waals surface area contributed by atoms with Crippen LogP contribution in [0.15, 0.2) is 58.2 Å². The van der Waals surface area contributed by atoms with E-state index < -0.39 is 6.10 Å². The van der Waals surface area contributed by atoms with E-state index in [1.54, 1.807) is 22.9 Å². The van der Waals surface area contributed by atoms with Gasteiger partial charge in [-0.3, -0.25) is 9.48 Å². The Kier molecular flexibility index (Phi) is 6.13. The number of hydrogen-bond acceptors (Lipinski definition) is 4. The van der Waals surface area contributed by atoms with Crippen molar-refractivity contribution in [3.8, 4) is 0 Å². The summed E-state index contributed by atoms with van der Waals surface area (Å²) >= 11 is 15.6. The van der Waals surface area contributed by atoms with E-state index in [2.05, 4.69) is 31.5 Å². The fourth-order valence-electron chi connectivity index (χ4n) is 3.11. The van der Waals surface area contributed by atoms with Crippen LogP contribution in [0.2, 0.25) is 10.0 Å². The summed E-state index contributed by atoms with van der Waals surface area (Å²) in [6.45, 7) is 2.38. The van der Waals surface area contributed by atoms with Crippen molar-refractivity contribution in [1.29, 1.82) is 0 Å². The number of nitrogens with one attached hydrogen (secondary N) is 1. The lowest BCUT2D eigenvalue weighted by atomic mass is 10.0. The van der Waals surface area contributed by atoms with E-state index in [1.807, 2.05) is 37.3 Å². The van der Waals surface area contributed by atoms with Gasteiger partial charge in [0.2, 0.25) is 6.10 Å². The van der Waals surface area contributed by atoms with Crippen LogP contribution in [0.1, 0.15) is 23.2 Å². The summed E-state index contributed by atoms with van der Waals surface area (Å²) in [5.74, 6) is 0.153. The molecule has 0 spiro atoms. The van der Waals surface area contributed by atoms with Crippen LogP contribution in [-0.4, -0.2) is 27.5 Å². The molecular formula is C21H17BrCl2N4O2. The van der Waals surface area contributed by atoms with Gasteiger partial charge in [-0.05, 0) is 36.8 Å². The van der Waals surface area contributed by atoms with Crippen molar-refractivity contribution in [3.05, 3.63) is 79.9 Å². The topological polar surface area (TPSA) is 68.5 Å². The second-order valence-corrected chi connectivity index (χ2v) is 8.66. The van der Waals surface area contributed by atoms with Crippen LogP contribution in [-0.2, 0) is 16.2 Å². The van der Waals surface area contributed by atoms with Crippen molar-refractivity contribution >= 4 is 56.6 Å². The third kappa shape index (κ3) is 4.69. The van der Waals surface area contributed by atoms with Crippen molar-refractivity contribution in [1.82, 2.24) is 9.78 Å². The molecule has 1 aliphatic heterocycles. The number of carbonyl (C=O) groups excluding carboxylic acids is 1. The van der Waals surface area contributed by atoms with Gasteiger partial charge in [0.05, 0.1) is 12.3 Å². The number of amides is 1. The minimum Gasteiger partial charge on any atom is -0.382 e. The first-order valence-corrected chi connectivity index (χ1v) is 10.7. The smallest absolute Gasteiger partial charge is 0.269 e. The number of anilines is 1. The number of halogens is 3. The first kappa shape index (κ1) is 20.9. The molecule has 6 nitrogen and oxygen atoms in total. The van der Waals surface area contributed by atoms with Gasteiger partial charge in [0.15, 0.2) is 5.82 Å². The SMILES string of the molecule is Cc1cc(NC(=O)C2CC(c3cccc(Br)c3)=NO2)nn1Cc1ccc(Cl)cc1Cl. The van der Waals surface area contributed by atoms with Crippen LogP contribution in [0.3, 0.4) is 0 Å². The average molecular weight is 508 g/mol. The number of carbonyl (C=O) groups is 1. The van der Waals surface area contributed by atoms with Gasteiger partial charge < -0.3 is 10.2 Å². The molecule has 4 rings (SSSR count). The Labute approximate surface area is 191 Å². The summed E-state index contributed by atoms with van der Waals surface area (Å²) in [6, 6.07) is 14.8. The average Bonchev–Trinajstić information content (AvgIpc) is 3.31. The zero-order valence-electron chi connectivity index (χ0n) is 15.9. The van der Waals surface area contributed by atoms with Crippen LogP contribution in [0.25, 0.3) is 0 Å². The first-order chi connectivity index (χ1) is 14.4. The van der Waals surface area contributed by atoms with E-state index in [-0.39, 0.29) is 5.91 Å². The minimum atomic E-state index is -0.699. The summed E-state index contributed by atoms with van der Waals surface area (Å²) in [4.78, 5) is 18.0. The molecule has 0 saturated heterocycles. The van der Waals surface area contributed by atoms with E-state index in [1.165, 1.54) is 0 Å². The highest BCUT2D eigenvalue weighted by molar-refractivity contribution is 9.10. The molecule has 0 fully saturated rings. The molecular weight excluding hydrogens is 491 g/mol. The molecule has 3 aromatic rings. The molecule has 30 heavy (non-hydrogen) atoms. The number of aryl methyl sites for hydroxylation is 1. The summed E-state index contributed by atoms with van der Waals surface area (Å²) < 4.78 is 2.71. The summed E-state index contributed by atoms with van der Waals surface area (Å²) in [5, 5.41) is 12.5. The fourth-order valence-corrected chi connectivity index (χ4v) is 3.97. The predicted octanol–water partition coefficient (Wildman–Crippen LogP) is 5.44. The molecule has 1 unspecified atom stereocenters. The van der Waals surface area contributed by atoms with Gasteiger partial charge in [0, 0.05) is 38.3 Å². The number of rotatable bonds is 5. The maximum Gasteiger partial charge on any atom is 0.269 e. The number of hydrogen-bond donors (Lipinski definition) is 1. The number of oxime groups is 1. The third-order valence-electron chi connectivity index (χ3n) is 4.69. The summed E-state index contributed by atoms with van der Waals surface area (Å²) in [5.41, 5.74) is 3.42. The van der Waals surface area contributed by atoms with Gasteiger partial charge in [-0.2, -0.15) is 5.10 Å². The minimum absolute atomic E-state index is 0.294. The number of aromatic nitrogens is 2. The highest BCUT2D eigenvalue weighted by Crippen LogP contribution is 2.23. The van der Waals surface area contributed by atoms with Gasteiger partial charge >= 0.3 is 0 Å². The van der Waals surface area contributed by atoms with Gasteiger partial charge in [-0.1, -0.05) is 62.5 Å². The lowest BCUT2D eigenvalue weighted by Gasteiger charge is -2.08. The van der Waals surface area contributed by atoms with Crippen molar-refractivity contribution in [2.75, 3.05) is 5.32 Å². The first-order valence-electron chi connectivity index (χ1n) is 9.17. The molecule has 0 aliphatic carbocycles. The van der Waals surface area contributed by atoms with Gasteiger partial charge in [-0.25, -0.2) is 0 Å². The van der Waals surface area contributed by atoms with E-state index in [9.17, 15) is 4.79 Å². The molecule has 0 bridgehead atoms. The monoisotopic (exact) mass is 506 g/mol. The van der Waals surface area contributed by atoms with E-state index >= 15 is 0 Å². The summed E-state index contributed by atoms with van der Waals surface area (Å²) in [6.07, 6.45) is -0.308. The molecule has 154 valence electrons. The Morgan fingerprint density at radius 2 is 2.10 bits per heavy atom. The Morgan fingerprint density at radius 3 is 2.87 bits per heavy atom. The lowest BCUT2D eigenvalue weighted by Crippen LogP contribution is -2.28. The van der Waals surface area contributed by atoms with Gasteiger partial charge in [-0.15, -0.1) is 0 Å². The van der Waals surface area contributed by atoms with Crippen LogP contribution < -0.4 is 5.32 Å². The highest BCUT2D eigenvalue weighted by atomic mass is 79.9. The van der Waals surface area contributed by atoms with E-state index in [0.29, 0.717) is 28.8 Å². The van der Waals surface area contributed by atoms with Crippen LogP contribution >= 0.6 is 39.1 Å². The number of nitrogens with zero attached hydrogens (tertiary/aromatic N) is 3. The largest absolute Gasteiger partial charge is 0.382 e. The van der Waals surface area contributed by atoms with Crippen molar-refractivity contribution in [2.45, 2.75) is 26.0 Å². The molecule has 2 heterocycles. The molecule has 9 heteroatoms. The van der Waals surface area contributed by atoms with Crippen molar-refractivity contribution in [2.24, 2.45) is 5.16 Å². The molecule has 2 aromatic carbocycles. The van der Waals surface area contributed by atoms with E-state index in [4.69, 9.17) is 28.0 Å². The Hall–Kier alpha value is -2.35. The molecule has 1 aromatic heterocycles. The van der Waals surface area contributed by atoms with Crippen molar-refractivity contribution < 1.29 is 9.63 Å². The second-order valence-electron chi connectivity index (χ2n) is 6.90. The standard InChI is InChI=1S/C21H17BrCl2N4O2/c1-12-7-20(26-28(12)11-14-5-6-16(23)9-17(14)24)25-21(29)19-10-18(27-30-19)13-3-2-4-15(22)8-13/h2-9,19H,10-11H2,1H3,(H,25,26,29). The summed E-state index contributed by atoms with van der Waals surface area (Å²) in [7, 11) is 0. The van der Waals surface area contributed by atoms with Crippen LogP contribution in [0.5, 0.6) is 0 Å². The van der Waals surface area contributed by atoms with E-state index in [0.717, 1.165) is 27.0 Å². The zero-order chi connectivity index (χ0) is 21.3. The van der Waals surface area contributed by atoms with Gasteiger partial charge in [0.25, 0.3) is 5.91 Å². The van der Waals surface area contributed by atoms with Crippen LogP contribution in [0, 0.1) is 6.92 Å². The molecule has 0 radical (unpaired) electrons. The normalized spacial score (nSPS) is 15.6. The Balaban J connectivity index is 1.40. The number of benzene rings is 2. The second kappa shape index (κ2) is 8.79. The molecule has 1 N–H and O–H groups in total. The Morgan fingerprint density at radius 1 is 1.27 bits per heavy atom. The van der Waals surface area contributed by atoms with Gasteiger partial charge in [0.1, 0.15) is 0 Å². The Bertz CT molecular complexity index is 1150. The molecule has 1 amide bonds. The quantitative estimate of drug-likeness (QED) is 0.499. The predicted molar refractivity (Wildman–Crippen MR) is 121 cm³/mol. The highest BCUT2D eigenvalue weighted by Gasteiger charge is 2.29. The van der Waals surface area contributed by atoms with Crippen LogP contribution in [0.4, 0.5) is 5.82 Å². The molecule has 1 atom stereocenters. The maximum absolute atomic E-state index is 12.6. The van der Waals surface area contributed by atoms with Crippen molar-refractivity contribution in [3.63, 3.8) is 0 Å². The molecule has 0 saturated carbocycles. The molecule has 1 aliphatic rings. The lowest BCUT2D eigenvalue weighted by molar-refractivity contribution is -0.125. The fraction of sp³-hybridized carbons (Fsp3) is 0.190.